The van der Waals surface area contributed by atoms with Crippen molar-refractivity contribution in [3.63, 3.8) is 0 Å². The highest BCUT2D eigenvalue weighted by Gasteiger charge is 2.09. The van der Waals surface area contributed by atoms with Gasteiger partial charge in [-0.3, -0.25) is 0 Å². The molecule has 0 atom stereocenters. The molecule has 90 valence electrons. The number of hydrogen-bond acceptors (Lipinski definition) is 4. The highest BCUT2D eigenvalue weighted by molar-refractivity contribution is 6.33. The van der Waals surface area contributed by atoms with Crippen molar-refractivity contribution in [2.45, 2.75) is 0 Å². The van der Waals surface area contributed by atoms with Crippen LogP contribution in [-0.2, 0) is 0 Å². The van der Waals surface area contributed by atoms with Crippen LogP contribution in [0.3, 0.4) is 0 Å². The molecule has 0 N–H and O–H groups in total. The number of hydrogen-bond donors (Lipinski definition) is 0. The SMILES string of the molecule is COc1ccc(Oc2nccc(C#N)c2Cl)cc1. The van der Waals surface area contributed by atoms with Gasteiger partial charge in [-0.2, -0.15) is 5.26 Å². The lowest BCUT2D eigenvalue weighted by atomic mass is 10.3. The van der Waals surface area contributed by atoms with Gasteiger partial charge in [0.15, 0.2) is 0 Å². The number of benzene rings is 1. The third kappa shape index (κ3) is 2.53. The van der Waals surface area contributed by atoms with E-state index in [1.165, 1.54) is 12.3 Å². The van der Waals surface area contributed by atoms with Crippen LogP contribution in [0.1, 0.15) is 5.56 Å². The third-order valence-corrected chi connectivity index (χ3v) is 2.62. The Kier molecular flexibility index (Phi) is 3.66. The molecule has 2 rings (SSSR count). The van der Waals surface area contributed by atoms with Crippen LogP contribution < -0.4 is 9.47 Å². The van der Waals surface area contributed by atoms with Crippen molar-refractivity contribution in [1.29, 1.82) is 5.26 Å². The van der Waals surface area contributed by atoms with Gasteiger partial charge in [-0.25, -0.2) is 4.98 Å². The van der Waals surface area contributed by atoms with Gasteiger partial charge < -0.3 is 9.47 Å². The van der Waals surface area contributed by atoms with Crippen LogP contribution in [0.25, 0.3) is 0 Å². The predicted molar refractivity (Wildman–Crippen MR) is 67.0 cm³/mol. The Morgan fingerprint density at radius 1 is 1.17 bits per heavy atom. The first kappa shape index (κ1) is 12.2. The number of nitriles is 1. The summed E-state index contributed by atoms with van der Waals surface area (Å²) in [6.45, 7) is 0. The fourth-order valence-corrected chi connectivity index (χ4v) is 1.53. The van der Waals surface area contributed by atoms with Crippen LogP contribution in [0.2, 0.25) is 5.02 Å². The molecule has 0 saturated heterocycles. The monoisotopic (exact) mass is 260 g/mol. The summed E-state index contributed by atoms with van der Waals surface area (Å²) < 4.78 is 10.5. The summed E-state index contributed by atoms with van der Waals surface area (Å²) >= 11 is 5.98. The smallest absolute Gasteiger partial charge is 0.239 e. The number of halogens is 1. The fourth-order valence-electron chi connectivity index (χ4n) is 1.34. The minimum atomic E-state index is 0.204. The van der Waals surface area contributed by atoms with Gasteiger partial charge in [0.1, 0.15) is 22.6 Å². The molecule has 0 saturated carbocycles. The van der Waals surface area contributed by atoms with Crippen LogP contribution >= 0.6 is 11.6 Å². The van der Waals surface area contributed by atoms with Crippen LogP contribution in [-0.4, -0.2) is 12.1 Å². The molecule has 0 radical (unpaired) electrons. The van der Waals surface area contributed by atoms with Crippen molar-refractivity contribution < 1.29 is 9.47 Å². The largest absolute Gasteiger partial charge is 0.497 e. The lowest BCUT2D eigenvalue weighted by molar-refractivity contribution is 0.412. The molecule has 5 heteroatoms. The minimum absolute atomic E-state index is 0.204. The first-order valence-electron chi connectivity index (χ1n) is 5.11. The Balaban J connectivity index is 2.26. The van der Waals surface area contributed by atoms with Crippen LogP contribution in [0.5, 0.6) is 17.4 Å². The van der Waals surface area contributed by atoms with Gasteiger partial charge in [-0.15, -0.1) is 0 Å². The second kappa shape index (κ2) is 5.39. The number of nitrogens with zero attached hydrogens (tertiary/aromatic N) is 2. The number of ether oxygens (including phenoxy) is 2. The summed E-state index contributed by atoms with van der Waals surface area (Å²) in [7, 11) is 1.59. The van der Waals surface area contributed by atoms with E-state index in [1.807, 2.05) is 6.07 Å². The van der Waals surface area contributed by atoms with Crippen molar-refractivity contribution >= 4 is 11.6 Å². The molecular formula is C13H9ClN2O2. The molecule has 0 fully saturated rings. The summed E-state index contributed by atoms with van der Waals surface area (Å²) in [6, 6.07) is 10.5. The molecule has 0 aliphatic heterocycles. The minimum Gasteiger partial charge on any atom is -0.497 e. The first-order valence-corrected chi connectivity index (χ1v) is 5.49. The summed E-state index contributed by atoms with van der Waals surface area (Å²) in [6.07, 6.45) is 1.48. The molecule has 0 unspecified atom stereocenters. The molecule has 0 aliphatic rings. The Labute approximate surface area is 109 Å². The van der Waals surface area contributed by atoms with Crippen molar-refractivity contribution in [2.24, 2.45) is 0 Å². The van der Waals surface area contributed by atoms with Crippen molar-refractivity contribution in [2.75, 3.05) is 7.11 Å². The second-order valence-electron chi connectivity index (χ2n) is 3.37. The predicted octanol–water partition coefficient (Wildman–Crippen LogP) is 3.41. The second-order valence-corrected chi connectivity index (χ2v) is 3.75. The van der Waals surface area contributed by atoms with E-state index in [2.05, 4.69) is 4.98 Å². The van der Waals surface area contributed by atoms with E-state index in [9.17, 15) is 0 Å². The van der Waals surface area contributed by atoms with Crippen molar-refractivity contribution in [3.8, 4) is 23.4 Å². The lowest BCUT2D eigenvalue weighted by Crippen LogP contribution is -1.91. The Bertz CT molecular complexity index is 591. The Hall–Kier alpha value is -2.25. The topological polar surface area (TPSA) is 55.1 Å². The van der Waals surface area contributed by atoms with Gasteiger partial charge in [0, 0.05) is 6.20 Å². The highest BCUT2D eigenvalue weighted by Crippen LogP contribution is 2.30. The Morgan fingerprint density at radius 3 is 2.44 bits per heavy atom. The highest BCUT2D eigenvalue weighted by atomic mass is 35.5. The average molecular weight is 261 g/mol. The molecular weight excluding hydrogens is 252 g/mol. The molecule has 18 heavy (non-hydrogen) atoms. The molecule has 4 nitrogen and oxygen atoms in total. The van der Waals surface area contributed by atoms with E-state index in [4.69, 9.17) is 26.3 Å². The zero-order chi connectivity index (χ0) is 13.0. The Morgan fingerprint density at radius 2 is 1.83 bits per heavy atom. The molecule has 1 aromatic carbocycles. The number of pyridine rings is 1. The number of methoxy groups -OCH3 is 1. The van der Waals surface area contributed by atoms with Crippen LogP contribution in [0, 0.1) is 11.3 Å². The lowest BCUT2D eigenvalue weighted by Gasteiger charge is -2.07. The van der Waals surface area contributed by atoms with Crippen LogP contribution in [0.15, 0.2) is 36.5 Å². The van der Waals surface area contributed by atoms with Gasteiger partial charge in [0.2, 0.25) is 5.88 Å². The standard InChI is InChI=1S/C13H9ClN2O2/c1-17-10-2-4-11(5-3-10)18-13-12(14)9(8-15)6-7-16-13/h2-7H,1H3. The van der Waals surface area contributed by atoms with E-state index in [0.717, 1.165) is 5.75 Å². The maximum Gasteiger partial charge on any atom is 0.239 e. The first-order chi connectivity index (χ1) is 8.74. The average Bonchev–Trinajstić information content (AvgIpc) is 2.42. The third-order valence-electron chi connectivity index (χ3n) is 2.25. The molecule has 0 bridgehead atoms. The van der Waals surface area contributed by atoms with Gasteiger partial charge >= 0.3 is 0 Å². The van der Waals surface area contributed by atoms with Gasteiger partial charge in [0.25, 0.3) is 0 Å². The molecule has 1 heterocycles. The van der Waals surface area contributed by atoms with E-state index < -0.39 is 0 Å². The summed E-state index contributed by atoms with van der Waals surface area (Å²) in [5.74, 6) is 1.51. The maximum atomic E-state index is 8.84. The van der Waals surface area contributed by atoms with Gasteiger partial charge in [0.05, 0.1) is 12.7 Å². The maximum absolute atomic E-state index is 8.84. The number of rotatable bonds is 3. The van der Waals surface area contributed by atoms with E-state index in [-0.39, 0.29) is 10.9 Å². The van der Waals surface area contributed by atoms with Gasteiger partial charge in [-0.05, 0) is 30.3 Å². The van der Waals surface area contributed by atoms with E-state index in [1.54, 1.807) is 31.4 Å². The molecule has 2 aromatic rings. The molecule has 0 amide bonds. The zero-order valence-electron chi connectivity index (χ0n) is 9.55. The molecule has 1 aromatic heterocycles. The summed E-state index contributed by atoms with van der Waals surface area (Å²) in [4.78, 5) is 3.99. The summed E-state index contributed by atoms with van der Waals surface area (Å²) in [5, 5.41) is 9.05. The zero-order valence-corrected chi connectivity index (χ0v) is 10.3. The molecule has 0 spiro atoms. The fraction of sp³-hybridized carbons (Fsp3) is 0.0769. The normalized spacial score (nSPS) is 9.61. The molecule has 0 aliphatic carbocycles. The van der Waals surface area contributed by atoms with Crippen LogP contribution in [0.4, 0.5) is 0 Å². The van der Waals surface area contributed by atoms with Crippen molar-refractivity contribution in [1.82, 2.24) is 4.98 Å². The number of aromatic nitrogens is 1. The summed E-state index contributed by atoms with van der Waals surface area (Å²) in [5.41, 5.74) is 0.329. The van der Waals surface area contributed by atoms with E-state index >= 15 is 0 Å². The quantitative estimate of drug-likeness (QED) is 0.849. The van der Waals surface area contributed by atoms with E-state index in [0.29, 0.717) is 11.3 Å². The van der Waals surface area contributed by atoms with Gasteiger partial charge in [-0.1, -0.05) is 11.6 Å². The van der Waals surface area contributed by atoms with Crippen molar-refractivity contribution in [3.05, 3.63) is 47.1 Å².